The highest BCUT2D eigenvalue weighted by Gasteiger charge is 2.05. The second kappa shape index (κ2) is 8.43. The van der Waals surface area contributed by atoms with E-state index in [0.29, 0.717) is 19.6 Å². The number of aliphatic hydroxyl groups excluding tert-OH is 1. The number of amides is 2. The topological polar surface area (TPSA) is 70.6 Å². The molecule has 5 heteroatoms. The maximum Gasteiger partial charge on any atom is 0.315 e. The number of ether oxygens (including phenoxy) is 1. The second-order valence-corrected chi connectivity index (χ2v) is 4.99. The highest BCUT2D eigenvalue weighted by atomic mass is 16.5. The third-order valence-corrected chi connectivity index (χ3v) is 2.79. The smallest absolute Gasteiger partial charge is 0.315 e. The molecule has 1 rings (SSSR count). The van der Waals surface area contributed by atoms with E-state index in [0.717, 1.165) is 16.9 Å². The summed E-state index contributed by atoms with van der Waals surface area (Å²) >= 11 is 0. The Morgan fingerprint density at radius 3 is 2.55 bits per heavy atom. The zero-order valence-electron chi connectivity index (χ0n) is 12.4. The number of nitrogens with one attached hydrogen (secondary N) is 2. The average molecular weight is 280 g/mol. The van der Waals surface area contributed by atoms with Gasteiger partial charge in [0.25, 0.3) is 0 Å². The van der Waals surface area contributed by atoms with Crippen molar-refractivity contribution in [3.63, 3.8) is 0 Å². The average Bonchev–Trinajstić information content (AvgIpc) is 2.33. The Labute approximate surface area is 120 Å². The van der Waals surface area contributed by atoms with Crippen LogP contribution in [0.25, 0.3) is 0 Å². The molecule has 2 amide bonds. The first-order valence-electron chi connectivity index (χ1n) is 6.87. The van der Waals surface area contributed by atoms with Crippen molar-refractivity contribution < 1.29 is 14.6 Å². The summed E-state index contributed by atoms with van der Waals surface area (Å²) in [6.45, 7) is 6.82. The van der Waals surface area contributed by atoms with Crippen molar-refractivity contribution in [2.75, 3.05) is 19.8 Å². The summed E-state index contributed by atoms with van der Waals surface area (Å²) in [6, 6.07) is 5.74. The van der Waals surface area contributed by atoms with Gasteiger partial charge in [0, 0.05) is 12.6 Å². The van der Waals surface area contributed by atoms with Gasteiger partial charge in [-0.3, -0.25) is 0 Å². The molecule has 20 heavy (non-hydrogen) atoms. The summed E-state index contributed by atoms with van der Waals surface area (Å²) in [5.74, 6) is 0.818. The summed E-state index contributed by atoms with van der Waals surface area (Å²) in [5, 5.41) is 14.2. The van der Waals surface area contributed by atoms with Crippen molar-refractivity contribution in [3.05, 3.63) is 29.3 Å². The monoisotopic (exact) mass is 280 g/mol. The molecular formula is C15H24N2O3. The highest BCUT2D eigenvalue weighted by Crippen LogP contribution is 2.15. The lowest BCUT2D eigenvalue weighted by atomic mass is 10.1. The zero-order chi connectivity index (χ0) is 15.0. The maximum atomic E-state index is 11.5. The van der Waals surface area contributed by atoms with Crippen LogP contribution < -0.4 is 15.4 Å². The molecule has 0 unspecified atom stereocenters. The van der Waals surface area contributed by atoms with Crippen LogP contribution >= 0.6 is 0 Å². The van der Waals surface area contributed by atoms with Crippen molar-refractivity contribution in [3.8, 4) is 5.75 Å². The SMILES string of the molecule is Cc1cc(C)cc(OCCNC(=O)N[C@H](C)CCO)c1. The molecule has 0 aliphatic heterocycles. The van der Waals surface area contributed by atoms with E-state index in [9.17, 15) is 4.79 Å². The Morgan fingerprint density at radius 2 is 1.95 bits per heavy atom. The van der Waals surface area contributed by atoms with Crippen LogP contribution in [0.15, 0.2) is 18.2 Å². The fourth-order valence-electron chi connectivity index (χ4n) is 1.89. The van der Waals surface area contributed by atoms with E-state index in [4.69, 9.17) is 9.84 Å². The van der Waals surface area contributed by atoms with Crippen molar-refractivity contribution in [2.45, 2.75) is 33.2 Å². The molecule has 0 saturated carbocycles. The standard InChI is InChI=1S/C15H24N2O3/c1-11-8-12(2)10-14(9-11)20-7-5-16-15(19)17-13(3)4-6-18/h8-10,13,18H,4-7H2,1-3H3,(H2,16,17,19)/t13-/m1/s1. The van der Waals surface area contributed by atoms with E-state index in [-0.39, 0.29) is 18.7 Å². The van der Waals surface area contributed by atoms with Gasteiger partial charge in [-0.05, 0) is 50.5 Å². The summed E-state index contributed by atoms with van der Waals surface area (Å²) in [7, 11) is 0. The van der Waals surface area contributed by atoms with Crippen LogP contribution in [0.3, 0.4) is 0 Å². The molecule has 1 aromatic carbocycles. The minimum Gasteiger partial charge on any atom is -0.492 e. The lowest BCUT2D eigenvalue weighted by Crippen LogP contribution is -2.42. The fourth-order valence-corrected chi connectivity index (χ4v) is 1.89. The molecule has 1 aromatic rings. The van der Waals surface area contributed by atoms with E-state index in [1.807, 2.05) is 32.9 Å². The Kier molecular flexibility index (Phi) is 6.87. The molecule has 0 aliphatic carbocycles. The van der Waals surface area contributed by atoms with Gasteiger partial charge in [-0.2, -0.15) is 0 Å². The van der Waals surface area contributed by atoms with E-state index >= 15 is 0 Å². The van der Waals surface area contributed by atoms with Crippen LogP contribution in [-0.2, 0) is 0 Å². The normalized spacial score (nSPS) is 11.8. The van der Waals surface area contributed by atoms with Crippen molar-refractivity contribution in [2.24, 2.45) is 0 Å². The van der Waals surface area contributed by atoms with E-state index < -0.39 is 0 Å². The number of carbonyl (C=O) groups excluding carboxylic acids is 1. The van der Waals surface area contributed by atoms with Crippen LogP contribution in [0, 0.1) is 13.8 Å². The first-order valence-corrected chi connectivity index (χ1v) is 6.87. The van der Waals surface area contributed by atoms with Gasteiger partial charge >= 0.3 is 6.03 Å². The number of hydrogen-bond acceptors (Lipinski definition) is 3. The lowest BCUT2D eigenvalue weighted by Gasteiger charge is -2.14. The van der Waals surface area contributed by atoms with Crippen LogP contribution in [0.1, 0.15) is 24.5 Å². The number of urea groups is 1. The van der Waals surface area contributed by atoms with Crippen molar-refractivity contribution in [1.29, 1.82) is 0 Å². The summed E-state index contributed by atoms with van der Waals surface area (Å²) in [5.41, 5.74) is 2.31. The number of benzene rings is 1. The van der Waals surface area contributed by atoms with E-state index in [1.54, 1.807) is 0 Å². The molecule has 0 aromatic heterocycles. The number of aliphatic hydroxyl groups is 1. The Morgan fingerprint density at radius 1 is 1.30 bits per heavy atom. The second-order valence-electron chi connectivity index (χ2n) is 4.99. The minimum absolute atomic E-state index is 0.0414. The van der Waals surface area contributed by atoms with Crippen LogP contribution in [0.4, 0.5) is 4.79 Å². The zero-order valence-corrected chi connectivity index (χ0v) is 12.4. The fraction of sp³-hybridized carbons (Fsp3) is 0.533. The molecule has 0 bridgehead atoms. The predicted molar refractivity (Wildman–Crippen MR) is 79.1 cm³/mol. The molecule has 0 radical (unpaired) electrons. The Balaban J connectivity index is 2.22. The molecule has 0 aliphatic rings. The molecule has 0 fully saturated rings. The number of hydrogen-bond donors (Lipinski definition) is 3. The molecule has 5 nitrogen and oxygen atoms in total. The maximum absolute atomic E-state index is 11.5. The van der Waals surface area contributed by atoms with Gasteiger partial charge in [-0.25, -0.2) is 4.79 Å². The largest absolute Gasteiger partial charge is 0.492 e. The van der Waals surface area contributed by atoms with E-state index in [1.165, 1.54) is 0 Å². The highest BCUT2D eigenvalue weighted by molar-refractivity contribution is 5.74. The van der Waals surface area contributed by atoms with Gasteiger partial charge in [-0.15, -0.1) is 0 Å². The molecule has 3 N–H and O–H groups in total. The van der Waals surface area contributed by atoms with Gasteiger partial charge in [-0.1, -0.05) is 6.07 Å². The number of aryl methyl sites for hydroxylation is 2. The number of carbonyl (C=O) groups is 1. The molecule has 112 valence electrons. The minimum atomic E-state index is -0.241. The molecule has 0 heterocycles. The van der Waals surface area contributed by atoms with Gasteiger partial charge in [0.1, 0.15) is 12.4 Å². The quantitative estimate of drug-likeness (QED) is 0.666. The number of rotatable bonds is 7. The summed E-state index contributed by atoms with van der Waals surface area (Å²) in [4.78, 5) is 11.5. The lowest BCUT2D eigenvalue weighted by molar-refractivity contribution is 0.227. The Bertz CT molecular complexity index is 415. The van der Waals surface area contributed by atoms with Crippen LogP contribution in [0.5, 0.6) is 5.75 Å². The van der Waals surface area contributed by atoms with Gasteiger partial charge in [0.05, 0.1) is 6.54 Å². The van der Waals surface area contributed by atoms with Crippen molar-refractivity contribution in [1.82, 2.24) is 10.6 Å². The van der Waals surface area contributed by atoms with Crippen molar-refractivity contribution >= 4 is 6.03 Å². The molecule has 0 spiro atoms. The summed E-state index contributed by atoms with van der Waals surface area (Å²) in [6.07, 6.45) is 0.548. The first kappa shape index (κ1) is 16.3. The first-order chi connectivity index (χ1) is 9.51. The molecular weight excluding hydrogens is 256 g/mol. The van der Waals surface area contributed by atoms with Gasteiger partial charge in [0.2, 0.25) is 0 Å². The third kappa shape index (κ3) is 6.43. The predicted octanol–water partition coefficient (Wildman–Crippen LogP) is 1.75. The van der Waals surface area contributed by atoms with Crippen LogP contribution in [0.2, 0.25) is 0 Å². The van der Waals surface area contributed by atoms with Gasteiger partial charge < -0.3 is 20.5 Å². The molecule has 0 saturated heterocycles. The van der Waals surface area contributed by atoms with Crippen LogP contribution in [-0.4, -0.2) is 36.9 Å². The Hall–Kier alpha value is -1.75. The molecule has 1 atom stereocenters. The third-order valence-electron chi connectivity index (χ3n) is 2.79. The van der Waals surface area contributed by atoms with Gasteiger partial charge in [0.15, 0.2) is 0 Å². The van der Waals surface area contributed by atoms with E-state index in [2.05, 4.69) is 16.7 Å². The summed E-state index contributed by atoms with van der Waals surface area (Å²) < 4.78 is 5.59.